The van der Waals surface area contributed by atoms with Crippen LogP contribution in [0.4, 0.5) is 8.78 Å². The third-order valence-corrected chi connectivity index (χ3v) is 5.68. The van der Waals surface area contributed by atoms with E-state index in [9.17, 15) is 13.6 Å². The normalized spacial score (nSPS) is 11.2. The molecule has 0 atom stereocenters. The van der Waals surface area contributed by atoms with Crippen LogP contribution in [0.2, 0.25) is 0 Å². The maximum absolute atomic E-state index is 12.3. The number of aromatic nitrogens is 2. The number of carbonyl (C=O) groups excluding carboxylic acids is 1. The Bertz CT molecular complexity index is 1190. The summed E-state index contributed by atoms with van der Waals surface area (Å²) in [6.07, 6.45) is 1.61. The molecule has 0 aliphatic heterocycles. The van der Waals surface area contributed by atoms with Gasteiger partial charge in [-0.2, -0.15) is 8.78 Å². The predicted molar refractivity (Wildman–Crippen MR) is 116 cm³/mol. The minimum atomic E-state index is -2.85. The zero-order valence-electron chi connectivity index (χ0n) is 17.2. The van der Waals surface area contributed by atoms with Gasteiger partial charge in [-0.15, -0.1) is 0 Å². The summed E-state index contributed by atoms with van der Waals surface area (Å²) < 4.78 is 41.7. The number of thioether (sulfide) groups is 1. The van der Waals surface area contributed by atoms with Crippen molar-refractivity contribution < 1.29 is 27.5 Å². The summed E-state index contributed by atoms with van der Waals surface area (Å²) >= 11 is 1.50. The van der Waals surface area contributed by atoms with Gasteiger partial charge in [0.25, 0.3) is 0 Å². The van der Waals surface area contributed by atoms with Gasteiger partial charge >= 0.3 is 12.6 Å². The molecule has 0 N–H and O–H groups in total. The Morgan fingerprint density at radius 3 is 2.69 bits per heavy atom. The zero-order valence-corrected chi connectivity index (χ0v) is 18.0. The maximum Gasteiger partial charge on any atom is 0.387 e. The molecule has 0 aliphatic rings. The molecule has 2 heterocycles. The SMILES string of the molecule is CCOC(=O)c1ccc2c(c1)nc(SCc1ccc(OC(F)F)cc1)n2Cc1ccco1. The second kappa shape index (κ2) is 9.86. The molecule has 2 aromatic carbocycles. The Hall–Kier alpha value is -3.33. The van der Waals surface area contributed by atoms with E-state index < -0.39 is 12.6 Å². The van der Waals surface area contributed by atoms with E-state index in [2.05, 4.69) is 4.74 Å². The van der Waals surface area contributed by atoms with Gasteiger partial charge in [-0.1, -0.05) is 23.9 Å². The van der Waals surface area contributed by atoms with Crippen LogP contribution in [0, 0.1) is 0 Å². The van der Waals surface area contributed by atoms with Crippen molar-refractivity contribution in [1.29, 1.82) is 0 Å². The number of alkyl halides is 2. The van der Waals surface area contributed by atoms with E-state index in [0.29, 0.717) is 30.0 Å². The monoisotopic (exact) mass is 458 g/mol. The molecular formula is C23H20F2N2O4S. The Morgan fingerprint density at radius 2 is 2.00 bits per heavy atom. The Balaban J connectivity index is 1.60. The highest BCUT2D eigenvalue weighted by Gasteiger charge is 2.16. The number of carbonyl (C=O) groups is 1. The highest BCUT2D eigenvalue weighted by Crippen LogP contribution is 2.29. The van der Waals surface area contributed by atoms with Crippen LogP contribution in [0.25, 0.3) is 11.0 Å². The summed E-state index contributed by atoms with van der Waals surface area (Å²) in [5.74, 6) is 1.07. The fraction of sp³-hybridized carbons (Fsp3) is 0.217. The molecule has 0 amide bonds. The van der Waals surface area contributed by atoms with Crippen molar-refractivity contribution >= 4 is 28.8 Å². The first-order valence-electron chi connectivity index (χ1n) is 9.90. The fourth-order valence-electron chi connectivity index (χ4n) is 3.19. The first-order chi connectivity index (χ1) is 15.5. The van der Waals surface area contributed by atoms with Crippen molar-refractivity contribution in [3.63, 3.8) is 0 Å². The van der Waals surface area contributed by atoms with E-state index in [4.69, 9.17) is 14.1 Å². The number of nitrogens with zero attached hydrogens (tertiary/aromatic N) is 2. The minimum absolute atomic E-state index is 0.116. The number of benzene rings is 2. The summed E-state index contributed by atoms with van der Waals surface area (Å²) in [6, 6.07) is 15.5. The van der Waals surface area contributed by atoms with Gasteiger partial charge in [0.2, 0.25) is 0 Å². The van der Waals surface area contributed by atoms with Crippen LogP contribution in [0.3, 0.4) is 0 Å². The molecule has 0 spiro atoms. The van der Waals surface area contributed by atoms with E-state index in [1.54, 1.807) is 37.5 Å². The molecule has 4 rings (SSSR count). The fourth-order valence-corrected chi connectivity index (χ4v) is 4.16. The Labute approximate surface area is 187 Å². The van der Waals surface area contributed by atoms with Crippen LogP contribution < -0.4 is 4.74 Å². The van der Waals surface area contributed by atoms with E-state index in [1.165, 1.54) is 23.9 Å². The average molecular weight is 458 g/mol. The first-order valence-corrected chi connectivity index (χ1v) is 10.9. The van der Waals surface area contributed by atoms with Crippen LogP contribution in [-0.2, 0) is 17.0 Å². The minimum Gasteiger partial charge on any atom is -0.467 e. The summed E-state index contributed by atoms with van der Waals surface area (Å²) in [5, 5.41) is 0.741. The second-order valence-electron chi connectivity index (χ2n) is 6.79. The number of esters is 1. The molecule has 0 fully saturated rings. The lowest BCUT2D eigenvalue weighted by Crippen LogP contribution is -2.04. The third-order valence-electron chi connectivity index (χ3n) is 4.63. The summed E-state index contributed by atoms with van der Waals surface area (Å²) in [7, 11) is 0. The van der Waals surface area contributed by atoms with E-state index in [0.717, 1.165) is 22.0 Å². The first kappa shape index (κ1) is 21.9. The Morgan fingerprint density at radius 1 is 1.19 bits per heavy atom. The number of imidazole rings is 1. The molecule has 0 bridgehead atoms. The van der Waals surface area contributed by atoms with Crippen LogP contribution >= 0.6 is 11.8 Å². The van der Waals surface area contributed by atoms with Crippen LogP contribution in [-0.4, -0.2) is 28.7 Å². The quantitative estimate of drug-likeness (QED) is 0.235. The van der Waals surface area contributed by atoms with E-state index in [-0.39, 0.29) is 5.75 Å². The third kappa shape index (κ3) is 5.11. The zero-order chi connectivity index (χ0) is 22.5. The van der Waals surface area contributed by atoms with Crippen LogP contribution in [0.5, 0.6) is 5.75 Å². The van der Waals surface area contributed by atoms with Crippen molar-refractivity contribution in [2.75, 3.05) is 6.61 Å². The standard InChI is InChI=1S/C23H20F2N2O4S/c1-2-29-21(28)16-7-10-20-19(12-16)26-23(27(20)13-18-4-3-11-30-18)32-14-15-5-8-17(9-6-15)31-22(24)25/h3-12,22H,2,13-14H2,1H3. The molecular weight excluding hydrogens is 438 g/mol. The lowest BCUT2D eigenvalue weighted by atomic mass is 10.2. The molecule has 0 saturated carbocycles. The lowest BCUT2D eigenvalue weighted by molar-refractivity contribution is -0.0498. The van der Waals surface area contributed by atoms with Gasteiger partial charge in [0.05, 0.1) is 36.0 Å². The van der Waals surface area contributed by atoms with Crippen molar-refractivity contribution in [1.82, 2.24) is 9.55 Å². The van der Waals surface area contributed by atoms with Gasteiger partial charge in [0.1, 0.15) is 11.5 Å². The van der Waals surface area contributed by atoms with Gasteiger partial charge in [0.15, 0.2) is 5.16 Å². The molecule has 9 heteroatoms. The number of fused-ring (bicyclic) bond motifs is 1. The Kier molecular flexibility index (Phi) is 6.75. The number of halogens is 2. The van der Waals surface area contributed by atoms with Gasteiger partial charge in [-0.05, 0) is 55.0 Å². The van der Waals surface area contributed by atoms with Gasteiger partial charge in [-0.3, -0.25) is 0 Å². The highest BCUT2D eigenvalue weighted by molar-refractivity contribution is 7.98. The summed E-state index contributed by atoms with van der Waals surface area (Å²) in [6.45, 7) is -0.316. The molecule has 2 aromatic heterocycles. The maximum atomic E-state index is 12.3. The van der Waals surface area contributed by atoms with Crippen molar-refractivity contribution in [3.8, 4) is 5.75 Å². The van der Waals surface area contributed by atoms with Gasteiger partial charge in [-0.25, -0.2) is 9.78 Å². The predicted octanol–water partition coefficient (Wildman–Crippen LogP) is 5.75. The van der Waals surface area contributed by atoms with Crippen molar-refractivity contribution in [2.24, 2.45) is 0 Å². The molecule has 0 unspecified atom stereocenters. The number of rotatable bonds is 9. The highest BCUT2D eigenvalue weighted by atomic mass is 32.2. The largest absolute Gasteiger partial charge is 0.467 e. The van der Waals surface area contributed by atoms with E-state index >= 15 is 0 Å². The summed E-state index contributed by atoms with van der Waals surface area (Å²) in [4.78, 5) is 16.8. The molecule has 4 aromatic rings. The summed E-state index contributed by atoms with van der Waals surface area (Å²) in [5.41, 5.74) is 2.90. The molecule has 6 nitrogen and oxygen atoms in total. The van der Waals surface area contributed by atoms with Crippen molar-refractivity contribution in [3.05, 3.63) is 77.7 Å². The van der Waals surface area contributed by atoms with Crippen LogP contribution in [0.1, 0.15) is 28.6 Å². The molecule has 0 radical (unpaired) electrons. The molecule has 166 valence electrons. The topological polar surface area (TPSA) is 66.5 Å². The smallest absolute Gasteiger partial charge is 0.387 e. The van der Waals surface area contributed by atoms with E-state index in [1.807, 2.05) is 22.8 Å². The molecule has 0 saturated heterocycles. The van der Waals surface area contributed by atoms with Gasteiger partial charge in [0, 0.05) is 5.75 Å². The van der Waals surface area contributed by atoms with Crippen LogP contribution in [0.15, 0.2) is 70.4 Å². The van der Waals surface area contributed by atoms with Crippen molar-refractivity contribution in [2.45, 2.75) is 31.0 Å². The molecule has 32 heavy (non-hydrogen) atoms. The number of ether oxygens (including phenoxy) is 2. The second-order valence-corrected chi connectivity index (χ2v) is 7.74. The lowest BCUT2D eigenvalue weighted by Gasteiger charge is -2.08. The van der Waals surface area contributed by atoms with Gasteiger partial charge < -0.3 is 18.5 Å². The number of furan rings is 1. The number of hydrogen-bond donors (Lipinski definition) is 0. The molecule has 0 aliphatic carbocycles. The number of hydrogen-bond acceptors (Lipinski definition) is 6. The average Bonchev–Trinajstić information content (AvgIpc) is 3.41.